The Labute approximate surface area is 133 Å². The third-order valence-electron chi connectivity index (χ3n) is 2.53. The second kappa shape index (κ2) is 6.39. The first-order chi connectivity index (χ1) is 9.83. The number of anilines is 1. The largest absolute Gasteiger partial charge is 0.315 e. The van der Waals surface area contributed by atoms with Crippen molar-refractivity contribution in [3.05, 3.63) is 44.6 Å². The molecule has 0 aliphatic heterocycles. The van der Waals surface area contributed by atoms with Gasteiger partial charge in [-0.25, -0.2) is 17.2 Å². The predicted molar refractivity (Wildman–Crippen MR) is 81.9 cm³/mol. The van der Waals surface area contributed by atoms with E-state index in [-0.39, 0.29) is 9.37 Å². The fourth-order valence-electron chi connectivity index (χ4n) is 1.60. The van der Waals surface area contributed by atoms with E-state index in [1.54, 1.807) is 7.05 Å². The zero-order chi connectivity index (χ0) is 15.6. The monoisotopic (exact) mass is 396 g/mol. The molecule has 0 radical (unpaired) electrons. The van der Waals surface area contributed by atoms with Gasteiger partial charge in [-0.05, 0) is 25.2 Å². The van der Waals surface area contributed by atoms with Crippen LogP contribution in [0.1, 0.15) is 4.88 Å². The number of halogens is 3. The number of hydrogen-bond acceptors (Lipinski definition) is 4. The summed E-state index contributed by atoms with van der Waals surface area (Å²) in [6.07, 6.45) is 0. The topological polar surface area (TPSA) is 58.2 Å². The van der Waals surface area contributed by atoms with E-state index in [0.717, 1.165) is 17.0 Å². The van der Waals surface area contributed by atoms with Gasteiger partial charge in [-0.3, -0.25) is 4.72 Å². The number of nitrogens with one attached hydrogen (secondary N) is 2. The van der Waals surface area contributed by atoms with E-state index in [1.165, 1.54) is 22.8 Å². The molecule has 0 atom stereocenters. The van der Waals surface area contributed by atoms with Crippen molar-refractivity contribution in [2.24, 2.45) is 0 Å². The van der Waals surface area contributed by atoms with Gasteiger partial charge in [-0.15, -0.1) is 11.3 Å². The van der Waals surface area contributed by atoms with Crippen LogP contribution < -0.4 is 10.0 Å². The Bertz CT molecular complexity index is 739. The molecule has 2 aromatic rings. The lowest BCUT2D eigenvalue weighted by atomic mass is 10.3. The lowest BCUT2D eigenvalue weighted by molar-refractivity contribution is 0.582. The average Bonchev–Trinajstić information content (AvgIpc) is 2.84. The highest BCUT2D eigenvalue weighted by Gasteiger charge is 2.21. The van der Waals surface area contributed by atoms with Crippen LogP contribution >= 0.6 is 27.3 Å². The molecule has 2 N–H and O–H groups in total. The molecular weight excluding hydrogens is 386 g/mol. The summed E-state index contributed by atoms with van der Waals surface area (Å²) in [5.74, 6) is -1.98. The molecular formula is C12H11BrF2N2O2S2. The highest BCUT2D eigenvalue weighted by atomic mass is 79.9. The molecule has 0 aliphatic rings. The first-order valence-electron chi connectivity index (χ1n) is 5.73. The Balaban J connectivity index is 2.33. The van der Waals surface area contributed by atoms with Gasteiger partial charge in [-0.2, -0.15) is 0 Å². The second-order valence-electron chi connectivity index (χ2n) is 4.13. The molecule has 0 aliphatic carbocycles. The van der Waals surface area contributed by atoms with E-state index in [9.17, 15) is 17.2 Å². The summed E-state index contributed by atoms with van der Waals surface area (Å²) in [5, 5.41) is 4.31. The first-order valence-corrected chi connectivity index (χ1v) is 8.88. The normalized spacial score (nSPS) is 11.6. The molecule has 0 spiro atoms. The molecule has 9 heteroatoms. The summed E-state index contributed by atoms with van der Waals surface area (Å²) >= 11 is 4.18. The van der Waals surface area contributed by atoms with E-state index < -0.39 is 27.3 Å². The third kappa shape index (κ3) is 3.79. The van der Waals surface area contributed by atoms with Gasteiger partial charge < -0.3 is 5.32 Å². The molecule has 1 heterocycles. The Morgan fingerprint density at radius 1 is 1.24 bits per heavy atom. The van der Waals surface area contributed by atoms with Gasteiger partial charge in [-0.1, -0.05) is 15.9 Å². The van der Waals surface area contributed by atoms with E-state index in [2.05, 4.69) is 21.2 Å². The van der Waals surface area contributed by atoms with Gasteiger partial charge in [0.2, 0.25) is 0 Å². The van der Waals surface area contributed by atoms with Gasteiger partial charge in [0.15, 0.2) is 11.6 Å². The zero-order valence-electron chi connectivity index (χ0n) is 10.8. The van der Waals surface area contributed by atoms with Crippen molar-refractivity contribution >= 4 is 43.0 Å². The second-order valence-corrected chi connectivity index (χ2v) is 7.72. The Morgan fingerprint density at radius 3 is 2.43 bits per heavy atom. The van der Waals surface area contributed by atoms with Crippen molar-refractivity contribution < 1.29 is 17.2 Å². The molecule has 114 valence electrons. The summed E-state index contributed by atoms with van der Waals surface area (Å²) in [6, 6.07) is 3.43. The minimum absolute atomic E-state index is 0.0283. The minimum atomic E-state index is -4.03. The molecule has 0 fully saturated rings. The molecule has 0 saturated heterocycles. The zero-order valence-corrected chi connectivity index (χ0v) is 14.0. The van der Waals surface area contributed by atoms with Gasteiger partial charge in [0.05, 0.1) is 4.90 Å². The van der Waals surface area contributed by atoms with Gasteiger partial charge in [0.25, 0.3) is 10.0 Å². The molecule has 0 amide bonds. The van der Waals surface area contributed by atoms with Gasteiger partial charge in [0.1, 0.15) is 5.69 Å². The van der Waals surface area contributed by atoms with Crippen molar-refractivity contribution in [2.45, 2.75) is 11.4 Å². The van der Waals surface area contributed by atoms with Crippen LogP contribution in [0.5, 0.6) is 0 Å². The van der Waals surface area contributed by atoms with E-state index >= 15 is 0 Å². The van der Waals surface area contributed by atoms with Crippen LogP contribution in [0.15, 0.2) is 32.9 Å². The molecule has 0 unspecified atom stereocenters. The molecule has 2 rings (SSSR count). The summed E-state index contributed by atoms with van der Waals surface area (Å²) in [6.45, 7) is 0.515. The average molecular weight is 397 g/mol. The van der Waals surface area contributed by atoms with Gasteiger partial charge >= 0.3 is 0 Å². The van der Waals surface area contributed by atoms with Crippen LogP contribution in [0.25, 0.3) is 0 Å². The summed E-state index contributed by atoms with van der Waals surface area (Å²) in [4.78, 5) is 0.772. The number of thiophene rings is 1. The lowest BCUT2D eigenvalue weighted by Gasteiger charge is -2.09. The van der Waals surface area contributed by atoms with Crippen LogP contribution in [0, 0.1) is 11.6 Å². The standard InChI is InChI=1S/C12H11BrF2N2O2S2/c1-16-5-8-4-9(6-20-8)21(18,19)17-12-10(14)2-7(13)3-11(12)15/h2-4,6,16-17H,5H2,1H3. The van der Waals surface area contributed by atoms with Crippen LogP contribution in [0.4, 0.5) is 14.5 Å². The highest BCUT2D eigenvalue weighted by molar-refractivity contribution is 9.10. The van der Waals surface area contributed by atoms with E-state index in [0.29, 0.717) is 6.54 Å². The van der Waals surface area contributed by atoms with Crippen LogP contribution in [-0.2, 0) is 16.6 Å². The fraction of sp³-hybridized carbons (Fsp3) is 0.167. The van der Waals surface area contributed by atoms with Gasteiger partial charge in [0, 0.05) is 21.3 Å². The predicted octanol–water partition coefficient (Wildman–Crippen LogP) is 3.31. The maximum absolute atomic E-state index is 13.7. The van der Waals surface area contributed by atoms with Crippen LogP contribution in [0.3, 0.4) is 0 Å². The molecule has 0 bridgehead atoms. The van der Waals surface area contributed by atoms with Crippen molar-refractivity contribution in [3.63, 3.8) is 0 Å². The van der Waals surface area contributed by atoms with Crippen molar-refractivity contribution in [1.29, 1.82) is 0 Å². The first kappa shape index (κ1) is 16.3. The van der Waals surface area contributed by atoms with Crippen molar-refractivity contribution in [1.82, 2.24) is 5.32 Å². The summed E-state index contributed by atoms with van der Waals surface area (Å²) in [5.41, 5.74) is -0.695. The van der Waals surface area contributed by atoms with E-state index in [1.807, 2.05) is 4.72 Å². The molecule has 0 saturated carbocycles. The lowest BCUT2D eigenvalue weighted by Crippen LogP contribution is -2.14. The van der Waals surface area contributed by atoms with E-state index in [4.69, 9.17) is 0 Å². The smallest absolute Gasteiger partial charge is 0.262 e. The summed E-state index contributed by atoms with van der Waals surface area (Å²) < 4.78 is 53.8. The summed E-state index contributed by atoms with van der Waals surface area (Å²) in [7, 11) is -2.30. The fourth-order valence-corrected chi connectivity index (χ4v) is 4.37. The minimum Gasteiger partial charge on any atom is -0.315 e. The number of benzene rings is 1. The quantitative estimate of drug-likeness (QED) is 0.814. The molecule has 4 nitrogen and oxygen atoms in total. The molecule has 1 aromatic heterocycles. The number of hydrogen-bond donors (Lipinski definition) is 2. The maximum atomic E-state index is 13.7. The maximum Gasteiger partial charge on any atom is 0.262 e. The Morgan fingerprint density at radius 2 is 1.86 bits per heavy atom. The molecule has 21 heavy (non-hydrogen) atoms. The highest BCUT2D eigenvalue weighted by Crippen LogP contribution is 2.27. The Kier molecular flexibility index (Phi) is 4.97. The Hall–Kier alpha value is -1.03. The third-order valence-corrected chi connectivity index (χ3v) is 5.41. The van der Waals surface area contributed by atoms with Crippen LogP contribution in [-0.4, -0.2) is 15.5 Å². The molecule has 1 aromatic carbocycles. The van der Waals surface area contributed by atoms with Crippen molar-refractivity contribution in [2.75, 3.05) is 11.8 Å². The van der Waals surface area contributed by atoms with Crippen LogP contribution in [0.2, 0.25) is 0 Å². The SMILES string of the molecule is CNCc1cc(S(=O)(=O)Nc2c(F)cc(Br)cc2F)cs1. The van der Waals surface area contributed by atoms with Crippen molar-refractivity contribution in [3.8, 4) is 0 Å². The number of sulfonamides is 1. The number of rotatable bonds is 5.